The van der Waals surface area contributed by atoms with Crippen LogP contribution in [0.2, 0.25) is 0 Å². The molecule has 1 N–H and O–H groups in total. The number of rotatable bonds is 7. The molecule has 1 aliphatic rings. The number of hydrogen-bond acceptors (Lipinski definition) is 2. The second-order valence-electron chi connectivity index (χ2n) is 6.57. The van der Waals surface area contributed by atoms with E-state index in [2.05, 4.69) is 34.5 Å². The van der Waals surface area contributed by atoms with Gasteiger partial charge in [0.2, 0.25) is 0 Å². The first-order chi connectivity index (χ1) is 12.3. The third kappa shape index (κ3) is 5.57. The maximum atomic E-state index is 12.5. The van der Waals surface area contributed by atoms with Gasteiger partial charge in [-0.2, -0.15) is 0 Å². The molecule has 130 valence electrons. The van der Waals surface area contributed by atoms with E-state index in [1.54, 1.807) is 0 Å². The Morgan fingerprint density at radius 2 is 1.64 bits per heavy atom. The summed E-state index contributed by atoms with van der Waals surface area (Å²) in [6, 6.07) is 19.7. The van der Waals surface area contributed by atoms with Crippen LogP contribution in [0.3, 0.4) is 0 Å². The molecule has 3 heteroatoms. The van der Waals surface area contributed by atoms with Crippen LogP contribution in [0.25, 0.3) is 0 Å². The van der Waals surface area contributed by atoms with Gasteiger partial charge in [0.1, 0.15) is 0 Å². The van der Waals surface area contributed by atoms with Crippen molar-refractivity contribution in [3.63, 3.8) is 0 Å². The van der Waals surface area contributed by atoms with E-state index in [9.17, 15) is 4.79 Å². The molecule has 25 heavy (non-hydrogen) atoms. The van der Waals surface area contributed by atoms with Crippen molar-refractivity contribution < 1.29 is 4.79 Å². The smallest absolute Gasteiger partial charge is 0.251 e. The predicted molar refractivity (Wildman–Crippen MR) is 103 cm³/mol. The Bertz CT molecular complexity index is 676. The highest BCUT2D eigenvalue weighted by Crippen LogP contribution is 2.09. The zero-order chi connectivity index (χ0) is 17.3. The SMILES string of the molecule is O=C(N[C@H](/C=C/CN1CCCC1)Cc1ccccc1)c1ccccc1. The number of nitrogens with one attached hydrogen (secondary N) is 1. The maximum absolute atomic E-state index is 12.5. The zero-order valence-corrected chi connectivity index (χ0v) is 14.6. The van der Waals surface area contributed by atoms with E-state index < -0.39 is 0 Å². The molecule has 3 nitrogen and oxygen atoms in total. The van der Waals surface area contributed by atoms with Crippen molar-refractivity contribution in [3.8, 4) is 0 Å². The van der Waals surface area contributed by atoms with Gasteiger partial charge in [0.15, 0.2) is 0 Å². The minimum absolute atomic E-state index is 0.00212. The molecule has 2 aromatic rings. The van der Waals surface area contributed by atoms with Crippen LogP contribution < -0.4 is 5.32 Å². The highest BCUT2D eigenvalue weighted by Gasteiger charge is 2.13. The molecular formula is C22H26N2O. The van der Waals surface area contributed by atoms with E-state index in [-0.39, 0.29) is 11.9 Å². The fraction of sp³-hybridized carbons (Fsp3) is 0.318. The average molecular weight is 334 g/mol. The van der Waals surface area contributed by atoms with E-state index in [1.165, 1.54) is 31.5 Å². The molecular weight excluding hydrogens is 308 g/mol. The number of hydrogen-bond donors (Lipinski definition) is 1. The fourth-order valence-electron chi connectivity index (χ4n) is 3.22. The van der Waals surface area contributed by atoms with Crippen molar-refractivity contribution in [2.75, 3.05) is 19.6 Å². The summed E-state index contributed by atoms with van der Waals surface area (Å²) < 4.78 is 0. The molecule has 0 unspecified atom stereocenters. The quantitative estimate of drug-likeness (QED) is 0.784. The topological polar surface area (TPSA) is 32.3 Å². The van der Waals surface area contributed by atoms with E-state index >= 15 is 0 Å². The summed E-state index contributed by atoms with van der Waals surface area (Å²) in [5, 5.41) is 3.16. The molecule has 2 aromatic carbocycles. The zero-order valence-electron chi connectivity index (χ0n) is 14.6. The standard InChI is InChI=1S/C22H26N2O/c25-22(20-12-5-2-6-13-20)23-21(18-19-10-3-1-4-11-19)14-9-17-24-15-7-8-16-24/h1-6,9-14,21H,7-8,15-18H2,(H,23,25)/b14-9+/t21-/m1/s1. The van der Waals surface area contributed by atoms with Crippen molar-refractivity contribution in [2.45, 2.75) is 25.3 Å². The van der Waals surface area contributed by atoms with Gasteiger partial charge in [-0.15, -0.1) is 0 Å². The van der Waals surface area contributed by atoms with Crippen LogP contribution in [0.5, 0.6) is 0 Å². The highest BCUT2D eigenvalue weighted by atomic mass is 16.1. The van der Waals surface area contributed by atoms with Gasteiger partial charge in [-0.1, -0.05) is 60.7 Å². The Morgan fingerprint density at radius 3 is 2.32 bits per heavy atom. The van der Waals surface area contributed by atoms with E-state index in [4.69, 9.17) is 0 Å². The number of carbonyl (C=O) groups excluding carboxylic acids is 1. The number of amides is 1. The number of carbonyl (C=O) groups is 1. The molecule has 1 heterocycles. The van der Waals surface area contributed by atoms with Crippen LogP contribution >= 0.6 is 0 Å². The molecule has 0 aliphatic carbocycles. The molecule has 1 fully saturated rings. The number of nitrogens with zero attached hydrogens (tertiary/aromatic N) is 1. The molecule has 1 saturated heterocycles. The second kappa shape index (κ2) is 9.19. The molecule has 1 amide bonds. The van der Waals surface area contributed by atoms with Gasteiger partial charge >= 0.3 is 0 Å². The number of likely N-dealkylation sites (tertiary alicyclic amines) is 1. The Labute approximate surface area is 150 Å². The molecule has 1 atom stereocenters. The molecule has 0 aromatic heterocycles. The summed E-state index contributed by atoms with van der Waals surface area (Å²) >= 11 is 0. The Balaban J connectivity index is 1.64. The predicted octanol–water partition coefficient (Wildman–Crippen LogP) is 3.68. The fourth-order valence-corrected chi connectivity index (χ4v) is 3.22. The second-order valence-corrected chi connectivity index (χ2v) is 6.57. The molecule has 1 aliphatic heterocycles. The van der Waals surface area contributed by atoms with E-state index in [0.29, 0.717) is 5.56 Å². The van der Waals surface area contributed by atoms with Gasteiger partial charge in [-0.25, -0.2) is 0 Å². The molecule has 0 radical (unpaired) electrons. The van der Waals surface area contributed by atoms with Crippen molar-refractivity contribution in [1.82, 2.24) is 10.2 Å². The van der Waals surface area contributed by atoms with Gasteiger partial charge in [-0.05, 0) is 50.0 Å². The lowest BCUT2D eigenvalue weighted by Gasteiger charge is -2.17. The van der Waals surface area contributed by atoms with Crippen LogP contribution in [0.15, 0.2) is 72.8 Å². The van der Waals surface area contributed by atoms with Gasteiger partial charge < -0.3 is 5.32 Å². The van der Waals surface area contributed by atoms with Crippen molar-refractivity contribution in [2.24, 2.45) is 0 Å². The van der Waals surface area contributed by atoms with Gasteiger partial charge in [-0.3, -0.25) is 9.69 Å². The third-order valence-electron chi connectivity index (χ3n) is 4.58. The van der Waals surface area contributed by atoms with E-state index in [0.717, 1.165) is 13.0 Å². The third-order valence-corrected chi connectivity index (χ3v) is 4.58. The van der Waals surface area contributed by atoms with Crippen molar-refractivity contribution in [1.29, 1.82) is 0 Å². The Morgan fingerprint density at radius 1 is 1.00 bits per heavy atom. The van der Waals surface area contributed by atoms with Crippen LogP contribution in [-0.4, -0.2) is 36.5 Å². The minimum atomic E-state index is -0.0210. The molecule has 3 rings (SSSR count). The lowest BCUT2D eigenvalue weighted by Crippen LogP contribution is -2.35. The monoisotopic (exact) mass is 334 g/mol. The highest BCUT2D eigenvalue weighted by molar-refractivity contribution is 5.94. The molecule has 0 bridgehead atoms. The summed E-state index contributed by atoms with van der Waals surface area (Å²) in [5.74, 6) is -0.0210. The first-order valence-electron chi connectivity index (χ1n) is 9.10. The van der Waals surface area contributed by atoms with Crippen LogP contribution in [-0.2, 0) is 6.42 Å². The largest absolute Gasteiger partial charge is 0.346 e. The summed E-state index contributed by atoms with van der Waals surface area (Å²) in [5.41, 5.74) is 1.93. The normalized spacial score (nSPS) is 16.2. The summed E-state index contributed by atoms with van der Waals surface area (Å²) in [7, 11) is 0. The van der Waals surface area contributed by atoms with Crippen LogP contribution in [0, 0.1) is 0 Å². The molecule has 0 spiro atoms. The maximum Gasteiger partial charge on any atom is 0.251 e. The number of benzene rings is 2. The first kappa shape index (κ1) is 17.4. The Hall–Kier alpha value is -2.39. The molecule has 0 saturated carbocycles. The van der Waals surface area contributed by atoms with Gasteiger partial charge in [0.25, 0.3) is 5.91 Å². The lowest BCUT2D eigenvalue weighted by molar-refractivity contribution is 0.0944. The first-order valence-corrected chi connectivity index (χ1v) is 9.10. The average Bonchev–Trinajstić information content (AvgIpc) is 3.16. The van der Waals surface area contributed by atoms with E-state index in [1.807, 2.05) is 48.5 Å². The van der Waals surface area contributed by atoms with Crippen molar-refractivity contribution >= 4 is 5.91 Å². The van der Waals surface area contributed by atoms with Crippen LogP contribution in [0.4, 0.5) is 0 Å². The van der Waals surface area contributed by atoms with Gasteiger partial charge in [0.05, 0.1) is 6.04 Å². The minimum Gasteiger partial charge on any atom is -0.346 e. The van der Waals surface area contributed by atoms with Crippen LogP contribution in [0.1, 0.15) is 28.8 Å². The van der Waals surface area contributed by atoms with Crippen molar-refractivity contribution in [3.05, 3.63) is 83.9 Å². The Kier molecular flexibility index (Phi) is 6.41. The summed E-state index contributed by atoms with van der Waals surface area (Å²) in [6.07, 6.45) is 7.74. The summed E-state index contributed by atoms with van der Waals surface area (Å²) in [4.78, 5) is 15.0. The van der Waals surface area contributed by atoms with Gasteiger partial charge in [0, 0.05) is 12.1 Å². The summed E-state index contributed by atoms with van der Waals surface area (Å²) in [6.45, 7) is 3.33. The lowest BCUT2D eigenvalue weighted by atomic mass is 10.0.